The third-order valence-electron chi connectivity index (χ3n) is 4.65. The third-order valence-corrected chi connectivity index (χ3v) is 4.65. The summed E-state index contributed by atoms with van der Waals surface area (Å²) in [5.74, 6) is 0.837. The monoisotopic (exact) mass is 240 g/mol. The zero-order valence-corrected chi connectivity index (χ0v) is 10.2. The Balaban J connectivity index is 1.79. The van der Waals surface area contributed by atoms with Gasteiger partial charge in [0.1, 0.15) is 5.60 Å². The number of benzene rings is 1. The van der Waals surface area contributed by atoms with Crippen LogP contribution in [0.1, 0.15) is 31.4 Å². The summed E-state index contributed by atoms with van der Waals surface area (Å²) in [5, 5.41) is 10.8. The van der Waals surface area contributed by atoms with Crippen LogP contribution in [-0.4, -0.2) is 15.1 Å². The number of para-hydroxylation sites is 2. The molecule has 1 aromatic heterocycles. The van der Waals surface area contributed by atoms with Crippen molar-refractivity contribution in [1.29, 1.82) is 0 Å². The molecule has 2 aliphatic rings. The molecule has 1 aromatic carbocycles. The predicted molar refractivity (Wildman–Crippen MR) is 68.9 cm³/mol. The van der Waals surface area contributed by atoms with Crippen LogP contribution in [0.3, 0.4) is 0 Å². The Hall–Kier alpha value is -1.48. The Kier molecular flexibility index (Phi) is 2.04. The lowest BCUT2D eigenvalue weighted by Crippen LogP contribution is -2.13. The van der Waals surface area contributed by atoms with Gasteiger partial charge in [0.05, 0.1) is 22.9 Å². The number of hydrogen-bond acceptors (Lipinski definition) is 3. The summed E-state index contributed by atoms with van der Waals surface area (Å²) in [4.78, 5) is 9.04. The summed E-state index contributed by atoms with van der Waals surface area (Å²) in [5.41, 5.74) is 1.87. The van der Waals surface area contributed by atoms with Crippen LogP contribution in [0.25, 0.3) is 11.0 Å². The van der Waals surface area contributed by atoms with Gasteiger partial charge in [-0.1, -0.05) is 25.0 Å². The second-order valence-electron chi connectivity index (χ2n) is 5.57. The summed E-state index contributed by atoms with van der Waals surface area (Å²) < 4.78 is 0. The molecule has 18 heavy (non-hydrogen) atoms. The SMILES string of the molecule is OC1(c2cnc3ccccc3n2)C2CCCCC21. The summed E-state index contributed by atoms with van der Waals surface area (Å²) >= 11 is 0. The van der Waals surface area contributed by atoms with Crippen LogP contribution in [-0.2, 0) is 5.60 Å². The van der Waals surface area contributed by atoms with Gasteiger partial charge in [0, 0.05) is 0 Å². The Morgan fingerprint density at radius 1 is 1.06 bits per heavy atom. The highest BCUT2D eigenvalue weighted by molar-refractivity contribution is 5.73. The summed E-state index contributed by atoms with van der Waals surface area (Å²) in [6.07, 6.45) is 6.51. The number of aromatic nitrogens is 2. The van der Waals surface area contributed by atoms with E-state index in [0.717, 1.165) is 29.6 Å². The summed E-state index contributed by atoms with van der Waals surface area (Å²) in [6.45, 7) is 0. The molecule has 2 aromatic rings. The smallest absolute Gasteiger partial charge is 0.114 e. The van der Waals surface area contributed by atoms with Crippen molar-refractivity contribution >= 4 is 11.0 Å². The molecule has 2 aliphatic carbocycles. The zero-order valence-electron chi connectivity index (χ0n) is 10.2. The maximum absolute atomic E-state index is 10.8. The van der Waals surface area contributed by atoms with Crippen molar-refractivity contribution < 1.29 is 5.11 Å². The number of rotatable bonds is 1. The van der Waals surface area contributed by atoms with Gasteiger partial charge in [-0.25, -0.2) is 4.98 Å². The van der Waals surface area contributed by atoms with E-state index in [9.17, 15) is 5.11 Å². The van der Waals surface area contributed by atoms with Gasteiger partial charge in [0.15, 0.2) is 0 Å². The van der Waals surface area contributed by atoms with Gasteiger partial charge in [-0.15, -0.1) is 0 Å². The van der Waals surface area contributed by atoms with Crippen LogP contribution in [0.4, 0.5) is 0 Å². The fourth-order valence-corrected chi connectivity index (χ4v) is 3.62. The largest absolute Gasteiger partial charge is 0.383 e. The van der Waals surface area contributed by atoms with Crippen molar-refractivity contribution in [3.05, 3.63) is 36.2 Å². The van der Waals surface area contributed by atoms with Crippen molar-refractivity contribution in [2.75, 3.05) is 0 Å². The fourth-order valence-electron chi connectivity index (χ4n) is 3.62. The molecule has 2 saturated carbocycles. The first-order chi connectivity index (χ1) is 8.80. The standard InChI is InChI=1S/C15H16N2O/c18-15(10-5-1-2-6-11(10)15)14-9-16-12-7-3-4-8-13(12)17-14/h3-4,7-11,18H,1-2,5-6H2. The van der Waals surface area contributed by atoms with Crippen molar-refractivity contribution in [1.82, 2.24) is 9.97 Å². The summed E-state index contributed by atoms with van der Waals surface area (Å²) in [6, 6.07) is 7.84. The van der Waals surface area contributed by atoms with E-state index in [-0.39, 0.29) is 0 Å². The van der Waals surface area contributed by atoms with Crippen LogP contribution in [0.2, 0.25) is 0 Å². The van der Waals surface area contributed by atoms with Crippen molar-refractivity contribution in [3.8, 4) is 0 Å². The first-order valence-electron chi connectivity index (χ1n) is 6.75. The van der Waals surface area contributed by atoms with E-state index >= 15 is 0 Å². The maximum Gasteiger partial charge on any atom is 0.114 e. The molecule has 2 atom stereocenters. The summed E-state index contributed by atoms with van der Waals surface area (Å²) in [7, 11) is 0. The minimum absolute atomic E-state index is 0.418. The van der Waals surface area contributed by atoms with Crippen LogP contribution in [0, 0.1) is 11.8 Å². The molecule has 0 bridgehead atoms. The Morgan fingerprint density at radius 2 is 1.72 bits per heavy atom. The van der Waals surface area contributed by atoms with Gasteiger partial charge >= 0.3 is 0 Å². The van der Waals surface area contributed by atoms with E-state index in [4.69, 9.17) is 0 Å². The molecular weight excluding hydrogens is 224 g/mol. The lowest BCUT2D eigenvalue weighted by atomic mass is 10.0. The highest BCUT2D eigenvalue weighted by Crippen LogP contribution is 2.63. The topological polar surface area (TPSA) is 46.0 Å². The molecule has 0 radical (unpaired) electrons. The van der Waals surface area contributed by atoms with Gasteiger partial charge in [0.25, 0.3) is 0 Å². The molecule has 2 fully saturated rings. The normalized spacial score (nSPS) is 34.3. The van der Waals surface area contributed by atoms with Crippen molar-refractivity contribution in [3.63, 3.8) is 0 Å². The van der Waals surface area contributed by atoms with Gasteiger partial charge in [-0.2, -0.15) is 0 Å². The van der Waals surface area contributed by atoms with E-state index in [1.165, 1.54) is 12.8 Å². The van der Waals surface area contributed by atoms with Crippen LogP contribution in [0.15, 0.2) is 30.5 Å². The van der Waals surface area contributed by atoms with Gasteiger partial charge in [-0.05, 0) is 36.8 Å². The number of fused-ring (bicyclic) bond motifs is 2. The Morgan fingerprint density at radius 3 is 2.44 bits per heavy atom. The maximum atomic E-state index is 10.8. The van der Waals surface area contributed by atoms with Crippen LogP contribution < -0.4 is 0 Å². The fraction of sp³-hybridized carbons (Fsp3) is 0.467. The van der Waals surface area contributed by atoms with E-state index in [1.54, 1.807) is 6.20 Å². The average Bonchev–Trinajstić information content (AvgIpc) is 3.06. The first-order valence-corrected chi connectivity index (χ1v) is 6.75. The zero-order chi connectivity index (χ0) is 12.2. The number of nitrogens with zero attached hydrogens (tertiary/aromatic N) is 2. The first kappa shape index (κ1) is 10.4. The molecule has 1 heterocycles. The van der Waals surface area contributed by atoms with Gasteiger partial charge < -0.3 is 5.11 Å². The van der Waals surface area contributed by atoms with E-state index in [2.05, 4.69) is 9.97 Å². The minimum Gasteiger partial charge on any atom is -0.383 e. The second-order valence-corrected chi connectivity index (χ2v) is 5.57. The van der Waals surface area contributed by atoms with Crippen molar-refractivity contribution in [2.24, 2.45) is 11.8 Å². The molecule has 92 valence electrons. The van der Waals surface area contributed by atoms with Crippen LogP contribution in [0.5, 0.6) is 0 Å². The molecule has 3 nitrogen and oxygen atoms in total. The third kappa shape index (κ3) is 1.28. The Bertz CT molecular complexity index is 598. The minimum atomic E-state index is -0.687. The molecule has 0 aliphatic heterocycles. The molecular formula is C15H16N2O. The Labute approximate surface area is 106 Å². The average molecular weight is 240 g/mol. The highest BCUT2D eigenvalue weighted by Gasteiger charge is 2.65. The molecule has 1 N–H and O–H groups in total. The predicted octanol–water partition coefficient (Wildman–Crippen LogP) is 2.64. The highest BCUT2D eigenvalue weighted by atomic mass is 16.3. The second kappa shape index (κ2) is 3.51. The molecule has 4 rings (SSSR count). The van der Waals surface area contributed by atoms with Gasteiger partial charge in [-0.3, -0.25) is 4.98 Å². The lowest BCUT2D eigenvalue weighted by Gasteiger charge is -2.10. The molecule has 0 spiro atoms. The van der Waals surface area contributed by atoms with Gasteiger partial charge in [0.2, 0.25) is 0 Å². The van der Waals surface area contributed by atoms with E-state index in [0.29, 0.717) is 11.8 Å². The number of aliphatic hydroxyl groups is 1. The van der Waals surface area contributed by atoms with Crippen LogP contribution >= 0.6 is 0 Å². The van der Waals surface area contributed by atoms with E-state index in [1.807, 2.05) is 24.3 Å². The quantitative estimate of drug-likeness (QED) is 0.833. The molecule has 0 saturated heterocycles. The lowest BCUT2D eigenvalue weighted by molar-refractivity contribution is 0.113. The van der Waals surface area contributed by atoms with Crippen molar-refractivity contribution in [2.45, 2.75) is 31.3 Å². The van der Waals surface area contributed by atoms with E-state index < -0.39 is 5.60 Å². The molecule has 0 amide bonds. The number of hydrogen-bond donors (Lipinski definition) is 1. The molecule has 3 heteroatoms. The molecule has 2 unspecified atom stereocenters.